The van der Waals surface area contributed by atoms with Gasteiger partial charge >= 0.3 is 18.0 Å². The van der Waals surface area contributed by atoms with Crippen molar-refractivity contribution in [3.63, 3.8) is 0 Å². The van der Waals surface area contributed by atoms with Crippen LogP contribution in [0.4, 0.5) is 4.79 Å². The number of amides is 1. The van der Waals surface area contributed by atoms with E-state index in [0.29, 0.717) is 47.7 Å². The highest BCUT2D eigenvalue weighted by atomic mass is 35.5. The number of hydrogen-bond acceptors (Lipinski definition) is 5. The van der Waals surface area contributed by atoms with Crippen molar-refractivity contribution in [2.75, 3.05) is 26.2 Å². The molecule has 1 saturated heterocycles. The third-order valence-electron chi connectivity index (χ3n) is 5.04. The van der Waals surface area contributed by atoms with Crippen molar-refractivity contribution in [1.82, 2.24) is 14.4 Å². The van der Waals surface area contributed by atoms with Gasteiger partial charge in [0.15, 0.2) is 0 Å². The van der Waals surface area contributed by atoms with Crippen LogP contribution in [0.3, 0.4) is 0 Å². The van der Waals surface area contributed by atoms with Gasteiger partial charge in [0.05, 0.1) is 5.52 Å². The number of carbonyl (C=O) groups is 3. The summed E-state index contributed by atoms with van der Waals surface area (Å²) in [7, 11) is 0. The van der Waals surface area contributed by atoms with E-state index in [2.05, 4.69) is 0 Å². The summed E-state index contributed by atoms with van der Waals surface area (Å²) in [5.74, 6) is -2.09. The summed E-state index contributed by atoms with van der Waals surface area (Å²) in [4.78, 5) is 39.2. The number of nitrogens with zero attached hydrogens (tertiary/aromatic N) is 3. The second-order valence-electron chi connectivity index (χ2n) is 8.51. The van der Waals surface area contributed by atoms with Crippen LogP contribution in [0.5, 0.6) is 0 Å². The van der Waals surface area contributed by atoms with Gasteiger partial charge in [0, 0.05) is 48.3 Å². The van der Waals surface area contributed by atoms with E-state index in [-0.39, 0.29) is 6.54 Å². The first-order valence-electron chi connectivity index (χ1n) is 9.91. The second kappa shape index (κ2) is 8.76. The molecule has 168 valence electrons. The van der Waals surface area contributed by atoms with Crippen LogP contribution in [-0.2, 0) is 20.9 Å². The summed E-state index contributed by atoms with van der Waals surface area (Å²) >= 11 is 6.08. The molecule has 0 radical (unpaired) electrons. The zero-order valence-electron chi connectivity index (χ0n) is 17.7. The van der Waals surface area contributed by atoms with E-state index < -0.39 is 29.7 Å². The fourth-order valence-corrected chi connectivity index (χ4v) is 3.93. The monoisotopic (exact) mass is 451 g/mol. The van der Waals surface area contributed by atoms with Crippen molar-refractivity contribution >= 4 is 40.5 Å². The van der Waals surface area contributed by atoms with Gasteiger partial charge in [-0.05, 0) is 32.9 Å². The number of ether oxygens (including phenoxy) is 1. The molecule has 1 amide bonds. The molecule has 1 aromatic heterocycles. The molecular weight excluding hydrogens is 426 g/mol. The number of carboxylic acid groups (broad SMARTS) is 2. The van der Waals surface area contributed by atoms with Gasteiger partial charge < -0.3 is 24.4 Å². The van der Waals surface area contributed by atoms with Crippen LogP contribution in [-0.4, -0.2) is 74.4 Å². The van der Waals surface area contributed by atoms with Crippen LogP contribution < -0.4 is 0 Å². The Hall–Kier alpha value is -2.78. The predicted molar refractivity (Wildman–Crippen MR) is 114 cm³/mol. The predicted octanol–water partition coefficient (Wildman–Crippen LogP) is 3.06. The van der Waals surface area contributed by atoms with E-state index in [0.717, 1.165) is 0 Å². The average Bonchev–Trinajstić information content (AvgIpc) is 2.97. The molecule has 0 bridgehead atoms. The van der Waals surface area contributed by atoms with Crippen LogP contribution in [0.25, 0.3) is 10.9 Å². The number of fused-ring (bicyclic) bond motifs is 1. The van der Waals surface area contributed by atoms with Crippen molar-refractivity contribution in [2.45, 2.75) is 39.0 Å². The smallest absolute Gasteiger partial charge is 0.410 e. The Labute approximate surface area is 184 Å². The lowest BCUT2D eigenvalue weighted by Crippen LogP contribution is -2.51. The van der Waals surface area contributed by atoms with Crippen molar-refractivity contribution < 1.29 is 29.3 Å². The lowest BCUT2D eigenvalue weighted by Gasteiger charge is -2.38. The first-order valence-corrected chi connectivity index (χ1v) is 10.3. The standard InChI is InChI=1S/C21H26ClN3O6/c1-21(2,3)31-20(30)24-8-6-23(7-9-24)18(19(28)29)15-11-25(12-17(26)27)16-10-13(22)4-5-14(15)16/h4-5,10-11,18H,6-9,12H2,1-3H3,(H,26,27)(H,28,29)/t18-/m0/s1. The SMILES string of the molecule is CC(C)(C)OC(=O)N1CCN([C@H](C(=O)O)c2cn(CC(=O)O)c3cc(Cl)ccc23)CC1. The zero-order valence-corrected chi connectivity index (χ0v) is 18.4. The molecular formula is C21H26ClN3O6. The molecule has 0 unspecified atom stereocenters. The minimum absolute atomic E-state index is 0.310. The van der Waals surface area contributed by atoms with E-state index in [1.54, 1.807) is 55.0 Å². The molecule has 2 heterocycles. The average molecular weight is 452 g/mol. The molecule has 9 nitrogen and oxygen atoms in total. The van der Waals surface area contributed by atoms with E-state index in [1.807, 2.05) is 0 Å². The number of aliphatic carboxylic acids is 2. The maximum atomic E-state index is 12.3. The Bertz CT molecular complexity index is 1000. The molecule has 1 fully saturated rings. The van der Waals surface area contributed by atoms with Gasteiger partial charge in [0.25, 0.3) is 0 Å². The van der Waals surface area contributed by atoms with Gasteiger partial charge in [0.1, 0.15) is 18.2 Å². The lowest BCUT2D eigenvalue weighted by molar-refractivity contribution is -0.144. The van der Waals surface area contributed by atoms with Gasteiger partial charge in [-0.2, -0.15) is 0 Å². The number of carbonyl (C=O) groups excluding carboxylic acids is 1. The molecule has 0 spiro atoms. The van der Waals surface area contributed by atoms with Gasteiger partial charge in [-0.25, -0.2) is 4.79 Å². The third kappa shape index (κ3) is 5.29. The molecule has 31 heavy (non-hydrogen) atoms. The topological polar surface area (TPSA) is 112 Å². The van der Waals surface area contributed by atoms with Crippen molar-refractivity contribution in [1.29, 1.82) is 0 Å². The summed E-state index contributed by atoms with van der Waals surface area (Å²) in [5, 5.41) is 20.3. The summed E-state index contributed by atoms with van der Waals surface area (Å²) in [6, 6.07) is 4.00. The fourth-order valence-electron chi connectivity index (χ4n) is 3.76. The first kappa shape index (κ1) is 22.9. The highest BCUT2D eigenvalue weighted by Gasteiger charge is 2.34. The molecule has 1 aliphatic rings. The summed E-state index contributed by atoms with van der Waals surface area (Å²) in [6.07, 6.45) is 1.14. The first-order chi connectivity index (χ1) is 14.5. The van der Waals surface area contributed by atoms with Gasteiger partial charge in [-0.3, -0.25) is 14.5 Å². The van der Waals surface area contributed by atoms with Gasteiger partial charge in [0.2, 0.25) is 0 Å². The summed E-state index contributed by atoms with van der Waals surface area (Å²) in [6.45, 7) is 6.42. The maximum absolute atomic E-state index is 12.3. The number of carboxylic acids is 2. The van der Waals surface area contributed by atoms with E-state index >= 15 is 0 Å². The number of rotatable bonds is 5. The second-order valence-corrected chi connectivity index (χ2v) is 8.95. The van der Waals surface area contributed by atoms with E-state index in [4.69, 9.17) is 16.3 Å². The molecule has 1 aromatic carbocycles. The highest BCUT2D eigenvalue weighted by Crippen LogP contribution is 2.33. The molecule has 2 aromatic rings. The lowest BCUT2D eigenvalue weighted by atomic mass is 10.0. The molecule has 0 aliphatic carbocycles. The minimum Gasteiger partial charge on any atom is -0.480 e. The van der Waals surface area contributed by atoms with Crippen LogP contribution in [0, 0.1) is 0 Å². The Balaban J connectivity index is 1.87. The number of hydrogen-bond donors (Lipinski definition) is 2. The Kier molecular flexibility index (Phi) is 6.47. The largest absolute Gasteiger partial charge is 0.480 e. The van der Waals surface area contributed by atoms with Gasteiger partial charge in [-0.15, -0.1) is 0 Å². The highest BCUT2D eigenvalue weighted by molar-refractivity contribution is 6.31. The van der Waals surface area contributed by atoms with Gasteiger partial charge in [-0.1, -0.05) is 17.7 Å². The normalized spacial score (nSPS) is 16.3. The van der Waals surface area contributed by atoms with E-state index in [1.165, 1.54) is 4.57 Å². The quantitative estimate of drug-likeness (QED) is 0.718. The summed E-state index contributed by atoms with van der Waals surface area (Å²) < 4.78 is 6.89. The van der Waals surface area contributed by atoms with Crippen LogP contribution >= 0.6 is 11.6 Å². The van der Waals surface area contributed by atoms with Crippen LogP contribution in [0.2, 0.25) is 5.02 Å². The van der Waals surface area contributed by atoms with E-state index in [9.17, 15) is 24.6 Å². The Morgan fingerprint density at radius 3 is 2.32 bits per heavy atom. The van der Waals surface area contributed by atoms with Crippen molar-refractivity contribution in [3.05, 3.63) is 35.0 Å². The Morgan fingerprint density at radius 1 is 1.13 bits per heavy atom. The molecule has 10 heteroatoms. The number of benzene rings is 1. The summed E-state index contributed by atoms with van der Waals surface area (Å²) in [5.41, 5.74) is 0.445. The molecule has 2 N–H and O–H groups in total. The molecule has 1 atom stereocenters. The van der Waals surface area contributed by atoms with Crippen LogP contribution in [0.1, 0.15) is 32.4 Å². The van der Waals surface area contributed by atoms with Crippen molar-refractivity contribution in [2.24, 2.45) is 0 Å². The Morgan fingerprint density at radius 2 is 1.77 bits per heavy atom. The third-order valence-corrected chi connectivity index (χ3v) is 5.28. The molecule has 3 rings (SSSR count). The van der Waals surface area contributed by atoms with Crippen molar-refractivity contribution in [3.8, 4) is 0 Å². The van der Waals surface area contributed by atoms with Crippen LogP contribution in [0.15, 0.2) is 24.4 Å². The fraction of sp³-hybridized carbons (Fsp3) is 0.476. The number of aromatic nitrogens is 1. The minimum atomic E-state index is -1.05. The zero-order chi connectivity index (χ0) is 22.9. The molecule has 0 saturated carbocycles. The maximum Gasteiger partial charge on any atom is 0.410 e. The molecule has 1 aliphatic heterocycles. The number of piperazine rings is 1. The number of halogens is 1.